The van der Waals surface area contributed by atoms with E-state index in [1.54, 1.807) is 0 Å². The highest BCUT2D eigenvalue weighted by Gasteiger charge is 2.19. The van der Waals surface area contributed by atoms with Gasteiger partial charge < -0.3 is 10.6 Å². The monoisotopic (exact) mass is 351 g/mol. The Morgan fingerprint density at radius 2 is 1.50 bits per heavy atom. The zero-order valence-corrected chi connectivity index (χ0v) is 15.4. The predicted molar refractivity (Wildman–Crippen MR) is 106 cm³/mol. The first kappa shape index (κ1) is 18.5. The Kier molecular flexibility index (Phi) is 7.08. The summed E-state index contributed by atoms with van der Waals surface area (Å²) >= 11 is 0. The number of hydrogen-bond donors (Lipinski definition) is 2. The fourth-order valence-electron chi connectivity index (χ4n) is 3.51. The Morgan fingerprint density at radius 1 is 0.885 bits per heavy atom. The number of amides is 2. The normalized spacial score (nSPS) is 15.5. The summed E-state index contributed by atoms with van der Waals surface area (Å²) in [7, 11) is 0. The number of nitrogens with one attached hydrogen (secondary N) is 2. The number of rotatable bonds is 7. The molecule has 1 heterocycles. The van der Waals surface area contributed by atoms with Crippen molar-refractivity contribution in [3.05, 3.63) is 71.8 Å². The van der Waals surface area contributed by atoms with E-state index in [0.29, 0.717) is 6.54 Å². The molecule has 1 aliphatic rings. The second kappa shape index (κ2) is 9.97. The van der Waals surface area contributed by atoms with Gasteiger partial charge in [-0.15, -0.1) is 0 Å². The van der Waals surface area contributed by atoms with Gasteiger partial charge in [-0.1, -0.05) is 60.7 Å². The average Bonchev–Trinajstić information content (AvgIpc) is 2.69. The number of benzene rings is 2. The lowest BCUT2D eigenvalue weighted by molar-refractivity contribution is 0.172. The molecule has 26 heavy (non-hydrogen) atoms. The van der Waals surface area contributed by atoms with Crippen LogP contribution in [-0.2, 0) is 13.1 Å². The van der Waals surface area contributed by atoms with Crippen molar-refractivity contribution >= 4 is 6.03 Å². The van der Waals surface area contributed by atoms with E-state index in [4.69, 9.17) is 0 Å². The lowest BCUT2D eigenvalue weighted by atomic mass is 9.93. The Hall–Kier alpha value is -2.33. The molecule has 138 valence electrons. The van der Waals surface area contributed by atoms with Crippen LogP contribution in [0.3, 0.4) is 0 Å². The van der Waals surface area contributed by atoms with Crippen LogP contribution in [0.2, 0.25) is 0 Å². The molecule has 0 atom stereocenters. The topological polar surface area (TPSA) is 44.4 Å². The highest BCUT2D eigenvalue weighted by atomic mass is 16.2. The quantitative estimate of drug-likeness (QED) is 0.797. The fraction of sp³-hybridized carbons (Fsp3) is 0.409. The van der Waals surface area contributed by atoms with E-state index in [1.165, 1.54) is 18.4 Å². The van der Waals surface area contributed by atoms with Gasteiger partial charge >= 0.3 is 6.03 Å². The molecule has 0 aliphatic carbocycles. The summed E-state index contributed by atoms with van der Waals surface area (Å²) < 4.78 is 0. The summed E-state index contributed by atoms with van der Waals surface area (Å²) in [5, 5.41) is 5.90. The molecule has 1 aliphatic heterocycles. The maximum absolute atomic E-state index is 11.9. The summed E-state index contributed by atoms with van der Waals surface area (Å²) in [5.74, 6) is 0.719. The third-order valence-corrected chi connectivity index (χ3v) is 5.09. The van der Waals surface area contributed by atoms with Crippen molar-refractivity contribution in [3.8, 4) is 0 Å². The van der Waals surface area contributed by atoms with Gasteiger partial charge in [-0.05, 0) is 49.4 Å². The van der Waals surface area contributed by atoms with Gasteiger partial charge in [-0.2, -0.15) is 0 Å². The maximum atomic E-state index is 11.9. The van der Waals surface area contributed by atoms with E-state index < -0.39 is 0 Å². The average molecular weight is 351 g/mol. The van der Waals surface area contributed by atoms with Gasteiger partial charge in [0.1, 0.15) is 0 Å². The highest BCUT2D eigenvalue weighted by molar-refractivity contribution is 5.73. The number of likely N-dealkylation sites (tertiary alicyclic amines) is 1. The van der Waals surface area contributed by atoms with E-state index in [0.717, 1.165) is 44.1 Å². The molecule has 2 N–H and O–H groups in total. The maximum Gasteiger partial charge on any atom is 0.315 e. The molecule has 4 nitrogen and oxygen atoms in total. The molecule has 0 aromatic heterocycles. The molecule has 0 bridgehead atoms. The van der Waals surface area contributed by atoms with Crippen LogP contribution in [0.1, 0.15) is 30.4 Å². The van der Waals surface area contributed by atoms with Crippen LogP contribution < -0.4 is 10.6 Å². The van der Waals surface area contributed by atoms with Crippen LogP contribution in [0.5, 0.6) is 0 Å². The van der Waals surface area contributed by atoms with Gasteiger partial charge in [0.2, 0.25) is 0 Å². The van der Waals surface area contributed by atoms with Crippen molar-refractivity contribution in [2.75, 3.05) is 19.6 Å². The first-order chi connectivity index (χ1) is 12.8. The molecule has 4 heteroatoms. The molecule has 0 unspecified atom stereocenters. The molecule has 0 spiro atoms. The number of nitrogens with zero attached hydrogens (tertiary/aromatic N) is 1. The van der Waals surface area contributed by atoms with Crippen LogP contribution in [0.25, 0.3) is 0 Å². The molecular weight excluding hydrogens is 322 g/mol. The Labute approximate surface area is 156 Å². The summed E-state index contributed by atoms with van der Waals surface area (Å²) in [6, 6.07) is 20.6. The third-order valence-electron chi connectivity index (χ3n) is 5.09. The van der Waals surface area contributed by atoms with Gasteiger partial charge in [-0.3, -0.25) is 4.90 Å². The molecule has 1 saturated heterocycles. The Balaban J connectivity index is 1.27. The van der Waals surface area contributed by atoms with Crippen molar-refractivity contribution in [1.29, 1.82) is 0 Å². The largest absolute Gasteiger partial charge is 0.338 e. The minimum absolute atomic E-state index is 0.0737. The van der Waals surface area contributed by atoms with E-state index in [9.17, 15) is 4.79 Å². The number of carbonyl (C=O) groups excluding carboxylic acids is 1. The van der Waals surface area contributed by atoms with Gasteiger partial charge in [0.15, 0.2) is 0 Å². The van der Waals surface area contributed by atoms with Gasteiger partial charge in [0.05, 0.1) is 0 Å². The van der Waals surface area contributed by atoms with Crippen molar-refractivity contribution < 1.29 is 4.79 Å². The van der Waals surface area contributed by atoms with Crippen molar-refractivity contribution in [2.45, 2.75) is 32.4 Å². The molecule has 2 amide bonds. The molecule has 3 rings (SSSR count). The van der Waals surface area contributed by atoms with E-state index in [-0.39, 0.29) is 6.03 Å². The third kappa shape index (κ3) is 6.19. The van der Waals surface area contributed by atoms with Crippen molar-refractivity contribution in [1.82, 2.24) is 15.5 Å². The van der Waals surface area contributed by atoms with Crippen LogP contribution in [-0.4, -0.2) is 30.6 Å². The highest BCUT2D eigenvalue weighted by Crippen LogP contribution is 2.21. The number of carbonyl (C=O) groups is 1. The van der Waals surface area contributed by atoms with Gasteiger partial charge in [0.25, 0.3) is 0 Å². The molecular formula is C22H29N3O. The lowest BCUT2D eigenvalue weighted by Gasteiger charge is -2.32. The van der Waals surface area contributed by atoms with Crippen LogP contribution in [0, 0.1) is 5.92 Å². The molecule has 0 radical (unpaired) electrons. The summed E-state index contributed by atoms with van der Waals surface area (Å²) in [6.07, 6.45) is 3.51. The minimum atomic E-state index is -0.0737. The standard InChI is InChI=1S/C22H29N3O/c26-22(24-17-20-7-3-1-4-8-20)23-14-11-19-12-15-25(16-13-19)18-21-9-5-2-6-10-21/h1-10,19H,11-18H2,(H2,23,24,26). The lowest BCUT2D eigenvalue weighted by Crippen LogP contribution is -2.38. The zero-order chi connectivity index (χ0) is 18.0. The molecule has 1 fully saturated rings. The van der Waals surface area contributed by atoms with Crippen LogP contribution in [0.15, 0.2) is 60.7 Å². The number of piperidine rings is 1. The van der Waals surface area contributed by atoms with E-state index in [1.807, 2.05) is 30.3 Å². The second-order valence-corrected chi connectivity index (χ2v) is 7.09. The van der Waals surface area contributed by atoms with Crippen LogP contribution in [0.4, 0.5) is 4.79 Å². The summed E-state index contributed by atoms with van der Waals surface area (Å²) in [4.78, 5) is 14.4. The SMILES string of the molecule is O=C(NCCC1CCN(Cc2ccccc2)CC1)NCc1ccccc1. The van der Waals surface area contributed by atoms with E-state index in [2.05, 4.69) is 45.9 Å². The second-order valence-electron chi connectivity index (χ2n) is 7.09. The first-order valence-corrected chi connectivity index (χ1v) is 9.61. The fourth-order valence-corrected chi connectivity index (χ4v) is 3.51. The van der Waals surface area contributed by atoms with Crippen molar-refractivity contribution in [3.63, 3.8) is 0 Å². The Morgan fingerprint density at radius 3 is 2.15 bits per heavy atom. The Bertz CT molecular complexity index is 652. The zero-order valence-electron chi connectivity index (χ0n) is 15.4. The molecule has 2 aromatic carbocycles. The number of urea groups is 1. The first-order valence-electron chi connectivity index (χ1n) is 9.61. The molecule has 0 saturated carbocycles. The summed E-state index contributed by atoms with van der Waals surface area (Å²) in [6.45, 7) is 4.68. The predicted octanol–water partition coefficient (Wildman–Crippen LogP) is 3.79. The van der Waals surface area contributed by atoms with Crippen LogP contribution >= 0.6 is 0 Å². The smallest absolute Gasteiger partial charge is 0.315 e. The van der Waals surface area contributed by atoms with Gasteiger partial charge in [-0.25, -0.2) is 4.79 Å². The van der Waals surface area contributed by atoms with E-state index >= 15 is 0 Å². The minimum Gasteiger partial charge on any atom is -0.338 e. The molecule has 2 aromatic rings. The van der Waals surface area contributed by atoms with Gasteiger partial charge in [0, 0.05) is 19.6 Å². The number of hydrogen-bond acceptors (Lipinski definition) is 2. The summed E-state index contributed by atoms with van der Waals surface area (Å²) in [5.41, 5.74) is 2.51. The van der Waals surface area contributed by atoms with Crippen molar-refractivity contribution in [2.24, 2.45) is 5.92 Å².